The molecule has 0 unspecified atom stereocenters. The van der Waals surface area contributed by atoms with E-state index in [-0.39, 0.29) is 5.75 Å². The van der Waals surface area contributed by atoms with Crippen molar-refractivity contribution < 1.29 is 13.9 Å². The molecule has 0 bridgehead atoms. The van der Waals surface area contributed by atoms with Crippen molar-refractivity contribution in [2.45, 2.75) is 13.3 Å². The second-order valence-corrected chi connectivity index (χ2v) is 6.91. The Morgan fingerprint density at radius 2 is 1.90 bits per heavy atom. The molecule has 156 valence electrons. The van der Waals surface area contributed by atoms with Crippen LogP contribution in [-0.2, 0) is 11.2 Å². The van der Waals surface area contributed by atoms with Gasteiger partial charge in [-0.05, 0) is 37.6 Å². The molecule has 1 aliphatic heterocycles. The van der Waals surface area contributed by atoms with Gasteiger partial charge < -0.3 is 20.1 Å². The molecule has 1 saturated heterocycles. The second-order valence-electron chi connectivity index (χ2n) is 6.91. The number of morpholine rings is 1. The van der Waals surface area contributed by atoms with Gasteiger partial charge in [-0.2, -0.15) is 4.98 Å². The van der Waals surface area contributed by atoms with E-state index >= 15 is 0 Å². The van der Waals surface area contributed by atoms with Gasteiger partial charge in [-0.1, -0.05) is 0 Å². The number of ether oxygens (including phenoxy) is 2. The lowest BCUT2D eigenvalue weighted by atomic mass is 10.1. The maximum Gasteiger partial charge on any atom is 0.224 e. The maximum atomic E-state index is 14.0. The van der Waals surface area contributed by atoms with Gasteiger partial charge in [0.15, 0.2) is 5.82 Å². The molecule has 0 saturated carbocycles. The van der Waals surface area contributed by atoms with Crippen molar-refractivity contribution in [2.24, 2.45) is 5.73 Å². The summed E-state index contributed by atoms with van der Waals surface area (Å²) < 4.78 is 25.4. The van der Waals surface area contributed by atoms with E-state index in [1.54, 1.807) is 31.5 Å². The summed E-state index contributed by atoms with van der Waals surface area (Å²) in [5, 5.41) is 0. The zero-order chi connectivity index (χ0) is 20.9. The molecule has 0 aliphatic carbocycles. The minimum atomic E-state index is -0.423. The van der Waals surface area contributed by atoms with Crippen molar-refractivity contribution in [3.63, 3.8) is 0 Å². The average molecular weight is 410 g/mol. The number of hydrogen-bond donors (Lipinski definition) is 1. The number of benzene rings is 1. The zero-order valence-corrected chi connectivity index (χ0v) is 16.7. The molecule has 30 heavy (non-hydrogen) atoms. The van der Waals surface area contributed by atoms with Crippen LogP contribution in [-0.4, -0.2) is 52.8 Å². The summed E-state index contributed by atoms with van der Waals surface area (Å²) in [6.07, 6.45) is 4.12. The second kappa shape index (κ2) is 9.10. The van der Waals surface area contributed by atoms with Crippen LogP contribution in [0.25, 0.3) is 11.4 Å². The number of rotatable bonds is 6. The molecule has 8 nitrogen and oxygen atoms in total. The quantitative estimate of drug-likeness (QED) is 0.662. The molecule has 9 heteroatoms. The molecule has 1 fully saturated rings. The highest BCUT2D eigenvalue weighted by atomic mass is 19.1. The fourth-order valence-electron chi connectivity index (χ4n) is 3.20. The largest absolute Gasteiger partial charge is 0.438 e. The number of nitrogens with zero attached hydrogens (tertiary/aromatic N) is 5. The number of nitrogens with two attached hydrogens (primary N) is 1. The third-order valence-electron chi connectivity index (χ3n) is 4.67. The molecule has 1 aliphatic rings. The van der Waals surface area contributed by atoms with Gasteiger partial charge in [0.1, 0.15) is 23.2 Å². The molecule has 1 aromatic carbocycles. The van der Waals surface area contributed by atoms with Gasteiger partial charge in [0.2, 0.25) is 5.88 Å². The number of halogens is 1. The van der Waals surface area contributed by atoms with Gasteiger partial charge in [0.05, 0.1) is 18.8 Å². The van der Waals surface area contributed by atoms with Crippen LogP contribution in [0.1, 0.15) is 11.4 Å². The predicted octanol–water partition coefficient (Wildman–Crippen LogP) is 2.51. The summed E-state index contributed by atoms with van der Waals surface area (Å²) in [4.78, 5) is 19.7. The lowest BCUT2D eigenvalue weighted by Gasteiger charge is -2.28. The summed E-state index contributed by atoms with van der Waals surface area (Å²) in [7, 11) is 0. The monoisotopic (exact) mass is 410 g/mol. The molecule has 0 spiro atoms. The lowest BCUT2D eigenvalue weighted by molar-refractivity contribution is 0.122. The first-order chi connectivity index (χ1) is 14.6. The molecule has 3 heterocycles. The minimum Gasteiger partial charge on any atom is -0.438 e. The normalized spacial score (nSPS) is 14.0. The summed E-state index contributed by atoms with van der Waals surface area (Å²) >= 11 is 0. The molecule has 2 N–H and O–H groups in total. The van der Waals surface area contributed by atoms with Gasteiger partial charge in [-0.15, -0.1) is 0 Å². The van der Waals surface area contributed by atoms with Gasteiger partial charge in [-0.3, -0.25) is 0 Å². The fourth-order valence-corrected chi connectivity index (χ4v) is 3.20. The number of hydrogen-bond acceptors (Lipinski definition) is 8. The van der Waals surface area contributed by atoms with Gasteiger partial charge >= 0.3 is 0 Å². The van der Waals surface area contributed by atoms with Crippen LogP contribution in [0.3, 0.4) is 0 Å². The van der Waals surface area contributed by atoms with Crippen LogP contribution in [0, 0.1) is 12.7 Å². The van der Waals surface area contributed by atoms with Gasteiger partial charge in [0, 0.05) is 37.6 Å². The summed E-state index contributed by atoms with van der Waals surface area (Å²) in [6, 6.07) is 6.00. The Balaban J connectivity index is 1.64. The van der Waals surface area contributed by atoms with Crippen LogP contribution >= 0.6 is 0 Å². The summed E-state index contributed by atoms with van der Waals surface area (Å²) in [5.74, 6) is 1.94. The smallest absolute Gasteiger partial charge is 0.224 e. The van der Waals surface area contributed by atoms with E-state index < -0.39 is 5.82 Å². The Morgan fingerprint density at radius 1 is 1.13 bits per heavy atom. The molecular formula is C21H23FN6O2. The van der Waals surface area contributed by atoms with Crippen molar-refractivity contribution >= 4 is 5.82 Å². The third kappa shape index (κ3) is 4.69. The average Bonchev–Trinajstić information content (AvgIpc) is 2.75. The van der Waals surface area contributed by atoms with Crippen LogP contribution < -0.4 is 15.4 Å². The standard InChI is InChI=1S/C21H23FN6O2/c1-14-26-19(28-6-8-29-9-7-28)11-20(27-14)30-18-10-16(22)2-3-17(18)21-24-12-15(4-5-23)13-25-21/h2-3,10-13H,4-9,23H2,1H3. The Morgan fingerprint density at radius 3 is 2.63 bits per heavy atom. The molecule has 0 atom stereocenters. The number of aryl methyl sites for hydroxylation is 1. The van der Waals surface area contributed by atoms with Crippen molar-refractivity contribution in [1.29, 1.82) is 0 Å². The molecule has 0 radical (unpaired) electrons. The Bertz CT molecular complexity index is 1010. The van der Waals surface area contributed by atoms with Crippen LogP contribution in [0.2, 0.25) is 0 Å². The minimum absolute atomic E-state index is 0.285. The molecule has 3 aromatic rings. The van der Waals surface area contributed by atoms with E-state index in [9.17, 15) is 4.39 Å². The maximum absolute atomic E-state index is 14.0. The van der Waals surface area contributed by atoms with E-state index in [0.29, 0.717) is 49.3 Å². The SMILES string of the molecule is Cc1nc(Oc2cc(F)ccc2-c2ncc(CCN)cn2)cc(N2CCOCC2)n1. The Labute approximate surface area is 173 Å². The first-order valence-electron chi connectivity index (χ1n) is 9.79. The van der Waals surface area contributed by atoms with Crippen molar-refractivity contribution in [2.75, 3.05) is 37.7 Å². The van der Waals surface area contributed by atoms with Gasteiger partial charge in [-0.25, -0.2) is 19.3 Å². The van der Waals surface area contributed by atoms with Crippen molar-refractivity contribution in [3.8, 4) is 23.0 Å². The highest BCUT2D eigenvalue weighted by Crippen LogP contribution is 2.32. The van der Waals surface area contributed by atoms with E-state index in [1.807, 2.05) is 0 Å². The van der Waals surface area contributed by atoms with Crippen molar-refractivity contribution in [3.05, 3.63) is 53.9 Å². The van der Waals surface area contributed by atoms with E-state index in [4.69, 9.17) is 15.2 Å². The summed E-state index contributed by atoms with van der Waals surface area (Å²) in [6.45, 7) is 5.08. The topological polar surface area (TPSA) is 99.3 Å². The van der Waals surface area contributed by atoms with E-state index in [0.717, 1.165) is 24.5 Å². The van der Waals surface area contributed by atoms with Crippen LogP contribution in [0.4, 0.5) is 10.2 Å². The predicted molar refractivity (Wildman–Crippen MR) is 110 cm³/mol. The first-order valence-corrected chi connectivity index (χ1v) is 9.79. The fraction of sp³-hybridized carbons (Fsp3) is 0.333. The molecular weight excluding hydrogens is 387 g/mol. The molecule has 2 aromatic heterocycles. The van der Waals surface area contributed by atoms with Crippen LogP contribution in [0.15, 0.2) is 36.7 Å². The molecule has 4 rings (SSSR count). The zero-order valence-electron chi connectivity index (χ0n) is 16.7. The Kier molecular flexibility index (Phi) is 6.10. The lowest BCUT2D eigenvalue weighted by Crippen LogP contribution is -2.36. The highest BCUT2D eigenvalue weighted by Gasteiger charge is 2.17. The first kappa shape index (κ1) is 20.1. The number of anilines is 1. The molecule has 0 amide bonds. The summed E-state index contributed by atoms with van der Waals surface area (Å²) in [5.41, 5.74) is 7.08. The van der Waals surface area contributed by atoms with Gasteiger partial charge in [0.25, 0.3) is 0 Å². The highest BCUT2D eigenvalue weighted by molar-refractivity contribution is 5.64. The van der Waals surface area contributed by atoms with Crippen LogP contribution in [0.5, 0.6) is 11.6 Å². The third-order valence-corrected chi connectivity index (χ3v) is 4.67. The number of aromatic nitrogens is 4. The van der Waals surface area contributed by atoms with E-state index in [1.165, 1.54) is 12.1 Å². The van der Waals surface area contributed by atoms with Crippen molar-refractivity contribution in [1.82, 2.24) is 19.9 Å². The Hall–Kier alpha value is -3.17. The van der Waals surface area contributed by atoms with E-state index in [2.05, 4.69) is 24.8 Å².